The average molecular weight is 320 g/mol. The van der Waals surface area contributed by atoms with Crippen LogP contribution in [0.15, 0.2) is 28.6 Å². The summed E-state index contributed by atoms with van der Waals surface area (Å²) in [5.41, 5.74) is -0.268. The van der Waals surface area contributed by atoms with Crippen molar-refractivity contribution in [3.8, 4) is 0 Å². The summed E-state index contributed by atoms with van der Waals surface area (Å²) in [5.74, 6) is -2.21. The van der Waals surface area contributed by atoms with Gasteiger partial charge in [-0.1, -0.05) is 0 Å². The van der Waals surface area contributed by atoms with Crippen LogP contribution < -0.4 is 5.32 Å². The molecule has 1 heterocycles. The molecule has 1 amide bonds. The van der Waals surface area contributed by atoms with Gasteiger partial charge < -0.3 is 14.8 Å². The fourth-order valence-corrected chi connectivity index (χ4v) is 1.61. The molecule has 0 saturated carbocycles. The molecule has 0 unspecified atom stereocenters. The quantitative estimate of drug-likeness (QED) is 0.852. The van der Waals surface area contributed by atoms with E-state index in [0.29, 0.717) is 6.61 Å². The van der Waals surface area contributed by atoms with Crippen molar-refractivity contribution in [1.82, 2.24) is 0 Å². The van der Waals surface area contributed by atoms with E-state index < -0.39 is 17.5 Å². The minimum absolute atomic E-state index is 0.0190. The van der Waals surface area contributed by atoms with Crippen molar-refractivity contribution < 1.29 is 23.0 Å². The van der Waals surface area contributed by atoms with E-state index in [1.165, 1.54) is 0 Å². The van der Waals surface area contributed by atoms with E-state index in [1.807, 2.05) is 0 Å². The Labute approximate surface area is 110 Å². The molecule has 0 aliphatic carbocycles. The molecule has 96 valence electrons. The van der Waals surface area contributed by atoms with Gasteiger partial charge in [0.1, 0.15) is 31.1 Å². The highest BCUT2D eigenvalue weighted by atomic mass is 79.9. The van der Waals surface area contributed by atoms with E-state index in [-0.39, 0.29) is 22.5 Å². The Morgan fingerprint density at radius 2 is 2.06 bits per heavy atom. The first kappa shape index (κ1) is 12.8. The summed E-state index contributed by atoms with van der Waals surface area (Å²) >= 11 is 2.84. The third-order valence-corrected chi connectivity index (χ3v) is 2.74. The molecule has 0 atom stereocenters. The smallest absolute Gasteiger partial charge is 0.294 e. The number of ether oxygens (including phenoxy) is 2. The first-order valence-corrected chi connectivity index (χ1v) is 5.77. The van der Waals surface area contributed by atoms with Crippen LogP contribution in [0.2, 0.25) is 0 Å². The van der Waals surface area contributed by atoms with E-state index in [1.54, 1.807) is 0 Å². The Hall–Kier alpha value is -1.63. The van der Waals surface area contributed by atoms with Gasteiger partial charge in [-0.3, -0.25) is 4.79 Å². The second kappa shape index (κ2) is 5.34. The van der Waals surface area contributed by atoms with Crippen LogP contribution in [0.5, 0.6) is 0 Å². The minimum Gasteiger partial charge on any atom is -0.494 e. The number of carbonyl (C=O) groups is 1. The molecule has 1 aromatic rings. The van der Waals surface area contributed by atoms with E-state index in [9.17, 15) is 13.6 Å². The topological polar surface area (TPSA) is 47.6 Å². The molecule has 0 aromatic heterocycles. The number of carbonyl (C=O) groups excluding carboxylic acids is 1. The van der Waals surface area contributed by atoms with Crippen LogP contribution in [0.3, 0.4) is 0 Å². The van der Waals surface area contributed by atoms with Gasteiger partial charge in [-0.2, -0.15) is 0 Å². The molecule has 0 saturated heterocycles. The van der Waals surface area contributed by atoms with Gasteiger partial charge in [0.2, 0.25) is 5.76 Å². The van der Waals surface area contributed by atoms with Crippen LogP contribution in [0, 0.1) is 11.6 Å². The number of hydrogen-bond donors (Lipinski definition) is 1. The molecular formula is C11H8BrF2NO3. The van der Waals surface area contributed by atoms with Gasteiger partial charge in [0.05, 0.1) is 10.2 Å². The molecule has 2 rings (SSSR count). The van der Waals surface area contributed by atoms with Crippen molar-refractivity contribution in [2.75, 3.05) is 18.5 Å². The Bertz CT molecular complexity index is 519. The molecule has 1 aliphatic heterocycles. The SMILES string of the molecule is O=C(Nc1cc(F)c(Br)cc1F)C1=COCCO1. The highest BCUT2D eigenvalue weighted by molar-refractivity contribution is 9.10. The van der Waals surface area contributed by atoms with Crippen LogP contribution in [0.4, 0.5) is 14.5 Å². The second-order valence-electron chi connectivity index (χ2n) is 3.40. The largest absolute Gasteiger partial charge is 0.494 e. The molecule has 1 N–H and O–H groups in total. The normalized spacial score (nSPS) is 14.3. The van der Waals surface area contributed by atoms with Gasteiger partial charge in [0.25, 0.3) is 5.91 Å². The van der Waals surface area contributed by atoms with Crippen molar-refractivity contribution in [2.24, 2.45) is 0 Å². The van der Waals surface area contributed by atoms with E-state index >= 15 is 0 Å². The highest BCUT2D eigenvalue weighted by Gasteiger charge is 2.17. The first-order chi connectivity index (χ1) is 8.58. The molecule has 7 heteroatoms. The van der Waals surface area contributed by atoms with Crippen molar-refractivity contribution >= 4 is 27.5 Å². The zero-order chi connectivity index (χ0) is 13.1. The van der Waals surface area contributed by atoms with Crippen molar-refractivity contribution in [3.63, 3.8) is 0 Å². The molecule has 1 aliphatic rings. The van der Waals surface area contributed by atoms with E-state index in [2.05, 4.69) is 21.2 Å². The lowest BCUT2D eigenvalue weighted by Gasteiger charge is -2.15. The maximum atomic E-state index is 13.5. The molecule has 0 spiro atoms. The Morgan fingerprint density at radius 1 is 1.28 bits per heavy atom. The zero-order valence-corrected chi connectivity index (χ0v) is 10.6. The van der Waals surface area contributed by atoms with E-state index in [4.69, 9.17) is 9.47 Å². The standard InChI is InChI=1S/C11H8BrF2NO3/c12-6-3-8(14)9(4-7(6)13)15-11(16)10-5-17-1-2-18-10/h3-5H,1-2H2,(H,15,16). The maximum Gasteiger partial charge on any atom is 0.294 e. The van der Waals surface area contributed by atoms with Crippen molar-refractivity contribution in [2.45, 2.75) is 0 Å². The van der Waals surface area contributed by atoms with Crippen molar-refractivity contribution in [1.29, 1.82) is 0 Å². The molecule has 4 nitrogen and oxygen atoms in total. The predicted molar refractivity (Wildman–Crippen MR) is 62.7 cm³/mol. The number of hydrogen-bond acceptors (Lipinski definition) is 3. The number of halogens is 3. The number of anilines is 1. The molecule has 18 heavy (non-hydrogen) atoms. The number of benzene rings is 1. The Kier molecular flexibility index (Phi) is 3.81. The Balaban J connectivity index is 2.16. The fourth-order valence-electron chi connectivity index (χ4n) is 1.29. The summed E-state index contributed by atoms with van der Waals surface area (Å²) in [4.78, 5) is 11.6. The lowest BCUT2D eigenvalue weighted by atomic mass is 10.3. The summed E-state index contributed by atoms with van der Waals surface area (Å²) < 4.78 is 36.5. The van der Waals surface area contributed by atoms with Crippen LogP contribution in [0.25, 0.3) is 0 Å². The average Bonchev–Trinajstić information content (AvgIpc) is 2.37. The number of rotatable bonds is 2. The lowest BCUT2D eigenvalue weighted by molar-refractivity contribution is -0.117. The summed E-state index contributed by atoms with van der Waals surface area (Å²) in [5, 5.41) is 2.20. The van der Waals surface area contributed by atoms with Gasteiger partial charge in [0.15, 0.2) is 0 Å². The lowest BCUT2D eigenvalue weighted by Crippen LogP contribution is -2.21. The summed E-state index contributed by atoms with van der Waals surface area (Å²) in [7, 11) is 0. The number of nitrogens with one attached hydrogen (secondary N) is 1. The third-order valence-electron chi connectivity index (χ3n) is 2.13. The fraction of sp³-hybridized carbons (Fsp3) is 0.182. The first-order valence-electron chi connectivity index (χ1n) is 4.98. The van der Waals surface area contributed by atoms with Gasteiger partial charge in [-0.15, -0.1) is 0 Å². The third kappa shape index (κ3) is 2.79. The van der Waals surface area contributed by atoms with Gasteiger partial charge in [0, 0.05) is 6.07 Å². The minimum atomic E-state index is -0.756. The molecular weight excluding hydrogens is 312 g/mol. The zero-order valence-electron chi connectivity index (χ0n) is 9.00. The van der Waals surface area contributed by atoms with Gasteiger partial charge >= 0.3 is 0 Å². The highest BCUT2D eigenvalue weighted by Crippen LogP contribution is 2.23. The number of amides is 1. The van der Waals surface area contributed by atoms with Crippen molar-refractivity contribution in [3.05, 3.63) is 40.3 Å². The summed E-state index contributed by atoms with van der Waals surface area (Å²) in [6.45, 7) is 0.578. The van der Waals surface area contributed by atoms with Crippen LogP contribution >= 0.6 is 15.9 Å². The monoisotopic (exact) mass is 319 g/mol. The van der Waals surface area contributed by atoms with E-state index in [0.717, 1.165) is 18.4 Å². The Morgan fingerprint density at radius 3 is 2.72 bits per heavy atom. The summed E-state index contributed by atoms with van der Waals surface area (Å²) in [6, 6.07) is 1.80. The van der Waals surface area contributed by atoms with Crippen LogP contribution in [-0.4, -0.2) is 19.1 Å². The molecule has 0 radical (unpaired) electrons. The maximum absolute atomic E-state index is 13.5. The van der Waals surface area contributed by atoms with Crippen LogP contribution in [0.1, 0.15) is 0 Å². The van der Waals surface area contributed by atoms with Gasteiger partial charge in [-0.05, 0) is 22.0 Å². The summed E-state index contributed by atoms with van der Waals surface area (Å²) in [6.07, 6.45) is 1.13. The molecule has 0 fully saturated rings. The molecule has 0 bridgehead atoms. The predicted octanol–water partition coefficient (Wildman–Crippen LogP) is 2.55. The van der Waals surface area contributed by atoms with Gasteiger partial charge in [-0.25, -0.2) is 8.78 Å². The second-order valence-corrected chi connectivity index (χ2v) is 4.26. The molecule has 1 aromatic carbocycles. The van der Waals surface area contributed by atoms with Crippen LogP contribution in [-0.2, 0) is 14.3 Å².